The van der Waals surface area contributed by atoms with E-state index >= 15 is 0 Å². The van der Waals surface area contributed by atoms with Gasteiger partial charge < -0.3 is 31.5 Å². The molecule has 3 atom stereocenters. The van der Waals surface area contributed by atoms with Crippen LogP contribution in [-0.4, -0.2) is 67.9 Å². The summed E-state index contributed by atoms with van der Waals surface area (Å²) in [6.45, 7) is -2.42. The second-order valence-electron chi connectivity index (χ2n) is 10.5. The Labute approximate surface area is 274 Å². The Bertz CT molecular complexity index is 1380. The summed E-state index contributed by atoms with van der Waals surface area (Å²) in [7, 11) is 0.913. The van der Waals surface area contributed by atoms with Crippen LogP contribution in [-0.2, 0) is 22.5 Å². The van der Waals surface area contributed by atoms with Crippen molar-refractivity contribution in [2.75, 3.05) is 13.7 Å². The molecule has 0 heterocycles. The van der Waals surface area contributed by atoms with Gasteiger partial charge in [0.15, 0.2) is 0 Å². The Balaban J connectivity index is 2.27. The van der Waals surface area contributed by atoms with Gasteiger partial charge in [-0.15, -0.1) is 0 Å². The Morgan fingerprint density at radius 2 is 1.67 bits per heavy atom. The number of carbonyl (C=O) groups is 2. The van der Waals surface area contributed by atoms with Gasteiger partial charge in [0.05, 0.1) is 24.7 Å². The summed E-state index contributed by atoms with van der Waals surface area (Å²) in [6, 6.07) is 5.16. The largest absolute Gasteiger partial charge is 0.453 e. The van der Waals surface area contributed by atoms with Gasteiger partial charge in [-0.05, 0) is 78.8 Å². The molecule has 0 saturated heterocycles. The number of rotatable bonds is 14. The molecule has 2 aromatic carbocycles. The molecule has 9 nitrogen and oxygen atoms in total. The fraction of sp³-hybridized carbons (Fsp3) is 0.414. The zero-order valence-corrected chi connectivity index (χ0v) is 26.9. The highest BCUT2D eigenvalue weighted by atomic mass is 127. The SMILES string of the molecule is COC(=O)N[C@H](C(=O)N[C@@H](Cc1ccc(I)cc1)[C@@H](O)CNCc1c(F)cc(C(N)=CC=NC(F)F)cc1F)C(C)(C)C(F)(F)F. The first-order chi connectivity index (χ1) is 21.4. The van der Waals surface area contributed by atoms with Crippen LogP contribution in [0.4, 0.5) is 35.5 Å². The van der Waals surface area contributed by atoms with E-state index in [0.29, 0.717) is 25.6 Å². The van der Waals surface area contributed by atoms with Gasteiger partial charge >= 0.3 is 18.8 Å². The lowest BCUT2D eigenvalue weighted by Gasteiger charge is -2.36. The number of benzene rings is 2. The summed E-state index contributed by atoms with van der Waals surface area (Å²) in [5.41, 5.74) is 2.66. The molecule has 17 heteroatoms. The standard InChI is InChI=1S/C29H33F7IN5O4/c1-28(2,29(34,35)36)24(42-27(45)46-3)25(44)41-22(10-15-4-6-17(37)7-5-15)23(43)14-39-13-18-19(30)11-16(12-20(18)31)21(38)8-9-40-26(32)33/h4-9,11-12,22-24,26,39,43H,10,13-14,38H2,1-3H3,(H,41,44)(H,42,45)/t22-,23-,24+/m0/s1. The second-order valence-corrected chi connectivity index (χ2v) is 11.8. The molecule has 0 spiro atoms. The Kier molecular flexibility index (Phi) is 14.2. The van der Waals surface area contributed by atoms with Crippen LogP contribution in [0.15, 0.2) is 47.5 Å². The monoisotopic (exact) mass is 775 g/mol. The molecule has 0 saturated carbocycles. The number of nitrogens with two attached hydrogens (primary N) is 1. The van der Waals surface area contributed by atoms with Gasteiger partial charge in [-0.25, -0.2) is 18.6 Å². The third-order valence-corrected chi connectivity index (χ3v) is 7.62. The molecular formula is C29H33F7IN5O4. The van der Waals surface area contributed by atoms with Crippen molar-refractivity contribution in [1.29, 1.82) is 0 Å². The molecule has 0 fully saturated rings. The molecular weight excluding hydrogens is 742 g/mol. The van der Waals surface area contributed by atoms with E-state index in [9.17, 15) is 45.4 Å². The molecule has 0 unspecified atom stereocenters. The lowest BCUT2D eigenvalue weighted by Crippen LogP contribution is -2.62. The summed E-state index contributed by atoms with van der Waals surface area (Å²) in [6.07, 6.45) is -6.17. The smallest absolute Gasteiger partial charge is 0.407 e. The average molecular weight is 776 g/mol. The zero-order chi connectivity index (χ0) is 34.8. The third-order valence-electron chi connectivity index (χ3n) is 6.91. The minimum Gasteiger partial charge on any atom is -0.453 e. The molecule has 0 radical (unpaired) electrons. The number of hydrogen-bond acceptors (Lipinski definition) is 7. The van der Waals surface area contributed by atoms with Crippen LogP contribution in [0.3, 0.4) is 0 Å². The number of halogens is 8. The zero-order valence-electron chi connectivity index (χ0n) is 24.8. The minimum absolute atomic E-state index is 0.0687. The lowest BCUT2D eigenvalue weighted by molar-refractivity contribution is -0.220. The van der Waals surface area contributed by atoms with Crippen LogP contribution in [0.5, 0.6) is 0 Å². The molecule has 0 aliphatic carbocycles. The van der Waals surface area contributed by atoms with Crippen molar-refractivity contribution < 1.29 is 50.2 Å². The number of carbonyl (C=O) groups excluding carboxylic acids is 2. The van der Waals surface area contributed by atoms with Gasteiger partial charge in [-0.3, -0.25) is 4.79 Å². The molecule has 0 aliphatic heterocycles. The Morgan fingerprint density at radius 1 is 1.09 bits per heavy atom. The van der Waals surface area contributed by atoms with Gasteiger partial charge in [0, 0.05) is 39.7 Å². The summed E-state index contributed by atoms with van der Waals surface area (Å²) in [4.78, 5) is 27.9. The van der Waals surface area contributed by atoms with E-state index in [-0.39, 0.29) is 24.2 Å². The van der Waals surface area contributed by atoms with E-state index in [1.807, 2.05) is 5.32 Å². The van der Waals surface area contributed by atoms with Crippen molar-refractivity contribution >= 4 is 46.5 Å². The van der Waals surface area contributed by atoms with Crippen molar-refractivity contribution in [3.8, 4) is 0 Å². The number of allylic oxidation sites excluding steroid dienone is 1. The molecule has 0 aromatic heterocycles. The lowest BCUT2D eigenvalue weighted by atomic mass is 9.82. The minimum atomic E-state index is -4.94. The van der Waals surface area contributed by atoms with E-state index in [1.165, 1.54) is 0 Å². The van der Waals surface area contributed by atoms with E-state index < -0.39 is 72.1 Å². The normalized spacial score (nSPS) is 14.7. The number of aliphatic hydroxyl groups excluding tert-OH is 1. The maximum Gasteiger partial charge on any atom is 0.407 e. The van der Waals surface area contributed by atoms with Crippen molar-refractivity contribution in [3.05, 3.63) is 74.4 Å². The van der Waals surface area contributed by atoms with E-state index in [0.717, 1.165) is 28.9 Å². The molecule has 2 amide bonds. The van der Waals surface area contributed by atoms with Crippen molar-refractivity contribution in [3.63, 3.8) is 0 Å². The maximum absolute atomic E-state index is 14.8. The fourth-order valence-electron chi connectivity index (χ4n) is 4.05. The summed E-state index contributed by atoms with van der Waals surface area (Å²) in [5, 5.41) is 17.9. The summed E-state index contributed by atoms with van der Waals surface area (Å²) in [5.74, 6) is -3.36. The molecule has 2 rings (SSSR count). The number of aliphatic imine (C=N–C) groups is 1. The predicted octanol–water partition coefficient (Wildman–Crippen LogP) is 4.65. The number of hydrogen-bond donors (Lipinski definition) is 5. The van der Waals surface area contributed by atoms with Crippen LogP contribution in [0.1, 0.15) is 30.5 Å². The van der Waals surface area contributed by atoms with Crippen LogP contribution >= 0.6 is 22.6 Å². The number of ether oxygens (including phenoxy) is 1. The third kappa shape index (κ3) is 11.1. The number of methoxy groups -OCH3 is 1. The van der Waals surface area contributed by atoms with Crippen LogP contribution in [0, 0.1) is 20.6 Å². The number of alkyl carbamates (subject to hydrolysis) is 1. The van der Waals surface area contributed by atoms with E-state index in [4.69, 9.17) is 5.73 Å². The predicted molar refractivity (Wildman–Crippen MR) is 165 cm³/mol. The maximum atomic E-state index is 14.8. The van der Waals surface area contributed by atoms with Crippen molar-refractivity contribution in [2.24, 2.45) is 16.1 Å². The van der Waals surface area contributed by atoms with Crippen molar-refractivity contribution in [1.82, 2.24) is 16.0 Å². The topological polar surface area (TPSA) is 138 Å². The highest BCUT2D eigenvalue weighted by Crippen LogP contribution is 2.40. The van der Waals surface area contributed by atoms with Crippen LogP contribution in [0.25, 0.3) is 5.70 Å². The molecule has 0 aliphatic rings. The van der Waals surface area contributed by atoms with Crippen molar-refractivity contribution in [2.45, 2.75) is 57.7 Å². The molecule has 2 aromatic rings. The molecule has 6 N–H and O–H groups in total. The fourth-order valence-corrected chi connectivity index (χ4v) is 4.41. The number of nitrogens with zero attached hydrogens (tertiary/aromatic N) is 1. The first-order valence-electron chi connectivity index (χ1n) is 13.5. The number of nitrogens with one attached hydrogen (secondary N) is 3. The number of alkyl halides is 5. The Hall–Kier alpha value is -3.45. The van der Waals surface area contributed by atoms with Gasteiger partial charge in [-0.1, -0.05) is 12.1 Å². The van der Waals surface area contributed by atoms with Gasteiger partial charge in [0.1, 0.15) is 17.7 Å². The van der Waals surface area contributed by atoms with Gasteiger partial charge in [0.2, 0.25) is 5.91 Å². The average Bonchev–Trinajstić information content (AvgIpc) is 2.96. The first-order valence-corrected chi connectivity index (χ1v) is 14.5. The van der Waals surface area contributed by atoms with Crippen LogP contribution < -0.4 is 21.7 Å². The number of aliphatic hydroxyl groups is 1. The quantitative estimate of drug-likeness (QED) is 0.0821. The summed E-state index contributed by atoms with van der Waals surface area (Å²) >= 11 is 2.05. The van der Waals surface area contributed by atoms with E-state index in [1.54, 1.807) is 24.3 Å². The molecule has 46 heavy (non-hydrogen) atoms. The van der Waals surface area contributed by atoms with Crippen LogP contribution in [0.2, 0.25) is 0 Å². The molecule has 0 bridgehead atoms. The van der Waals surface area contributed by atoms with E-state index in [2.05, 4.69) is 43.0 Å². The highest BCUT2D eigenvalue weighted by Gasteiger charge is 2.56. The van der Waals surface area contributed by atoms with Gasteiger partial charge in [-0.2, -0.15) is 22.0 Å². The number of amides is 2. The Morgan fingerprint density at radius 3 is 2.20 bits per heavy atom. The molecule has 254 valence electrons. The van der Waals surface area contributed by atoms with Gasteiger partial charge in [0.25, 0.3) is 0 Å². The summed E-state index contributed by atoms with van der Waals surface area (Å²) < 4.78 is 101. The second kappa shape index (κ2) is 16.9. The first kappa shape index (κ1) is 38.7. The highest BCUT2D eigenvalue weighted by molar-refractivity contribution is 14.1.